The van der Waals surface area contributed by atoms with Crippen molar-refractivity contribution in [2.45, 2.75) is 13.0 Å². The zero-order valence-electron chi connectivity index (χ0n) is 7.98. The molecule has 1 aliphatic rings. The Morgan fingerprint density at radius 2 is 2.50 bits per heavy atom. The van der Waals surface area contributed by atoms with Gasteiger partial charge >= 0.3 is 0 Å². The summed E-state index contributed by atoms with van der Waals surface area (Å²) in [6.07, 6.45) is 3.61. The van der Waals surface area contributed by atoms with Crippen LogP contribution < -0.4 is 4.90 Å². The fraction of sp³-hybridized carbons (Fsp3) is 0.556. The van der Waals surface area contributed by atoms with Crippen LogP contribution in [0.2, 0.25) is 0 Å². The minimum atomic E-state index is 0.269. The summed E-state index contributed by atoms with van der Waals surface area (Å²) in [5.74, 6) is 0.954. The number of nitrogens with zero attached hydrogens (tertiary/aromatic N) is 3. The summed E-state index contributed by atoms with van der Waals surface area (Å²) in [6.45, 7) is 4.61. The van der Waals surface area contributed by atoms with Crippen LogP contribution in [0.5, 0.6) is 0 Å². The van der Waals surface area contributed by atoms with Crippen molar-refractivity contribution in [1.29, 1.82) is 0 Å². The van der Waals surface area contributed by atoms with Crippen LogP contribution in [0.4, 0.5) is 5.82 Å². The molecule has 1 aromatic heterocycles. The largest absolute Gasteiger partial charge is 0.375 e. The Morgan fingerprint density at radius 3 is 3.21 bits per heavy atom. The zero-order valence-corrected chi connectivity index (χ0v) is 9.57. The van der Waals surface area contributed by atoms with Crippen molar-refractivity contribution < 1.29 is 4.74 Å². The highest BCUT2D eigenvalue weighted by molar-refractivity contribution is 9.10. The molecule has 1 fully saturated rings. The predicted octanol–water partition coefficient (Wildman–Crippen LogP) is 1.46. The van der Waals surface area contributed by atoms with E-state index in [4.69, 9.17) is 4.74 Å². The van der Waals surface area contributed by atoms with Crippen LogP contribution in [-0.4, -0.2) is 35.8 Å². The highest BCUT2D eigenvalue weighted by Gasteiger charge is 2.19. The van der Waals surface area contributed by atoms with E-state index < -0.39 is 0 Å². The van der Waals surface area contributed by atoms with E-state index in [-0.39, 0.29) is 6.10 Å². The van der Waals surface area contributed by atoms with Gasteiger partial charge in [-0.1, -0.05) is 0 Å². The van der Waals surface area contributed by atoms with E-state index in [1.165, 1.54) is 0 Å². The van der Waals surface area contributed by atoms with Crippen molar-refractivity contribution in [2.75, 3.05) is 24.6 Å². The van der Waals surface area contributed by atoms with Crippen LogP contribution in [-0.2, 0) is 4.74 Å². The highest BCUT2D eigenvalue weighted by atomic mass is 79.9. The van der Waals surface area contributed by atoms with Crippen LogP contribution in [0.1, 0.15) is 6.92 Å². The topological polar surface area (TPSA) is 38.2 Å². The van der Waals surface area contributed by atoms with Crippen LogP contribution >= 0.6 is 15.9 Å². The number of hydrogen-bond acceptors (Lipinski definition) is 4. The molecular formula is C9H12BrN3O. The van der Waals surface area contributed by atoms with Gasteiger partial charge in [-0.25, -0.2) is 9.97 Å². The quantitative estimate of drug-likeness (QED) is 0.764. The first-order chi connectivity index (χ1) is 6.77. The van der Waals surface area contributed by atoms with E-state index >= 15 is 0 Å². The minimum Gasteiger partial charge on any atom is -0.375 e. The van der Waals surface area contributed by atoms with Gasteiger partial charge < -0.3 is 9.64 Å². The zero-order chi connectivity index (χ0) is 9.97. The van der Waals surface area contributed by atoms with Gasteiger partial charge in [0, 0.05) is 19.3 Å². The Morgan fingerprint density at radius 1 is 1.64 bits per heavy atom. The molecule has 1 atom stereocenters. The first kappa shape index (κ1) is 9.86. The van der Waals surface area contributed by atoms with E-state index in [0.717, 1.165) is 30.0 Å². The normalized spacial score (nSPS) is 22.4. The molecule has 14 heavy (non-hydrogen) atoms. The SMILES string of the molecule is CC1CN(c2ncncc2Br)CCO1. The number of anilines is 1. The van der Waals surface area contributed by atoms with Gasteiger partial charge in [0.05, 0.1) is 17.2 Å². The Bertz CT molecular complexity index is 321. The maximum Gasteiger partial charge on any atom is 0.146 e. The number of morpholine rings is 1. The van der Waals surface area contributed by atoms with Crippen molar-refractivity contribution >= 4 is 21.7 Å². The third-order valence-electron chi connectivity index (χ3n) is 2.19. The highest BCUT2D eigenvalue weighted by Crippen LogP contribution is 2.23. The molecule has 0 bridgehead atoms. The summed E-state index contributed by atoms with van der Waals surface area (Å²) in [4.78, 5) is 10.4. The van der Waals surface area contributed by atoms with Gasteiger partial charge in [-0.3, -0.25) is 0 Å². The smallest absolute Gasteiger partial charge is 0.146 e. The first-order valence-corrected chi connectivity index (χ1v) is 5.38. The van der Waals surface area contributed by atoms with Crippen LogP contribution in [0.25, 0.3) is 0 Å². The molecule has 2 rings (SSSR count). The van der Waals surface area contributed by atoms with E-state index in [1.54, 1.807) is 12.5 Å². The summed E-state index contributed by atoms with van der Waals surface area (Å²) < 4.78 is 6.41. The molecule has 0 radical (unpaired) electrons. The Labute approximate surface area is 91.4 Å². The second-order valence-electron chi connectivity index (χ2n) is 3.32. The molecule has 1 aromatic rings. The van der Waals surface area contributed by atoms with E-state index in [1.807, 2.05) is 0 Å². The molecule has 5 heteroatoms. The third kappa shape index (κ3) is 2.04. The van der Waals surface area contributed by atoms with Crippen molar-refractivity contribution in [1.82, 2.24) is 9.97 Å². The molecule has 2 heterocycles. The van der Waals surface area contributed by atoms with Gasteiger partial charge in [0.25, 0.3) is 0 Å². The number of ether oxygens (including phenoxy) is 1. The Kier molecular flexibility index (Phi) is 2.98. The van der Waals surface area contributed by atoms with E-state index in [0.29, 0.717) is 0 Å². The van der Waals surface area contributed by atoms with Crippen molar-refractivity contribution in [3.05, 3.63) is 17.0 Å². The van der Waals surface area contributed by atoms with Gasteiger partial charge in [0.15, 0.2) is 0 Å². The molecule has 0 aliphatic carbocycles. The van der Waals surface area contributed by atoms with Crippen molar-refractivity contribution in [3.8, 4) is 0 Å². The van der Waals surface area contributed by atoms with Gasteiger partial charge in [-0.15, -0.1) is 0 Å². The number of hydrogen-bond donors (Lipinski definition) is 0. The summed E-state index contributed by atoms with van der Waals surface area (Å²) in [5, 5.41) is 0. The lowest BCUT2D eigenvalue weighted by atomic mass is 10.3. The van der Waals surface area contributed by atoms with Gasteiger partial charge in [-0.2, -0.15) is 0 Å². The minimum absolute atomic E-state index is 0.269. The average Bonchev–Trinajstić information content (AvgIpc) is 2.18. The Hall–Kier alpha value is -0.680. The molecule has 0 aromatic carbocycles. The van der Waals surface area contributed by atoms with Gasteiger partial charge in [0.1, 0.15) is 12.1 Å². The fourth-order valence-corrected chi connectivity index (χ4v) is 2.02. The monoisotopic (exact) mass is 257 g/mol. The molecule has 1 unspecified atom stereocenters. The second kappa shape index (κ2) is 4.23. The molecule has 0 amide bonds. The maximum absolute atomic E-state index is 5.47. The lowest BCUT2D eigenvalue weighted by Crippen LogP contribution is -2.41. The third-order valence-corrected chi connectivity index (χ3v) is 2.75. The molecule has 1 saturated heterocycles. The molecular weight excluding hydrogens is 246 g/mol. The summed E-state index contributed by atoms with van der Waals surface area (Å²) in [6, 6.07) is 0. The number of halogens is 1. The second-order valence-corrected chi connectivity index (χ2v) is 4.18. The van der Waals surface area contributed by atoms with Crippen LogP contribution in [0.15, 0.2) is 17.0 Å². The number of rotatable bonds is 1. The van der Waals surface area contributed by atoms with Gasteiger partial charge in [0.2, 0.25) is 0 Å². The fourth-order valence-electron chi connectivity index (χ4n) is 1.55. The first-order valence-electron chi connectivity index (χ1n) is 4.59. The summed E-state index contributed by atoms with van der Waals surface area (Å²) >= 11 is 3.44. The standard InChI is InChI=1S/C9H12BrN3O/c1-7-5-13(2-3-14-7)9-8(10)4-11-6-12-9/h4,6-7H,2-3,5H2,1H3. The van der Waals surface area contributed by atoms with E-state index in [9.17, 15) is 0 Å². The summed E-state index contributed by atoms with van der Waals surface area (Å²) in [7, 11) is 0. The maximum atomic E-state index is 5.47. The number of aromatic nitrogens is 2. The molecule has 4 nitrogen and oxygen atoms in total. The summed E-state index contributed by atoms with van der Waals surface area (Å²) in [5.41, 5.74) is 0. The van der Waals surface area contributed by atoms with Gasteiger partial charge in [-0.05, 0) is 22.9 Å². The molecule has 76 valence electrons. The van der Waals surface area contributed by atoms with Crippen LogP contribution in [0.3, 0.4) is 0 Å². The Balaban J connectivity index is 2.18. The molecule has 0 saturated carbocycles. The molecule has 1 aliphatic heterocycles. The lowest BCUT2D eigenvalue weighted by molar-refractivity contribution is 0.0529. The van der Waals surface area contributed by atoms with Crippen molar-refractivity contribution in [3.63, 3.8) is 0 Å². The predicted molar refractivity (Wildman–Crippen MR) is 57.4 cm³/mol. The lowest BCUT2D eigenvalue weighted by Gasteiger charge is -2.32. The molecule has 0 N–H and O–H groups in total. The molecule has 0 spiro atoms. The van der Waals surface area contributed by atoms with E-state index in [2.05, 4.69) is 37.7 Å². The van der Waals surface area contributed by atoms with Crippen LogP contribution in [0, 0.1) is 0 Å². The average molecular weight is 258 g/mol. The van der Waals surface area contributed by atoms with Crippen molar-refractivity contribution in [2.24, 2.45) is 0 Å².